The maximum absolute atomic E-state index is 12.7. The second kappa shape index (κ2) is 6.10. The van der Waals surface area contributed by atoms with Gasteiger partial charge in [-0.05, 0) is 19.1 Å². The topological polar surface area (TPSA) is 78.3 Å². The third kappa shape index (κ3) is 2.70. The first-order valence-corrected chi connectivity index (χ1v) is 9.12. The molecule has 0 aliphatic carbocycles. The summed E-state index contributed by atoms with van der Waals surface area (Å²) in [5.41, 5.74) is 2.94. The second-order valence-corrected chi connectivity index (χ2v) is 7.07. The van der Waals surface area contributed by atoms with E-state index >= 15 is 0 Å². The van der Waals surface area contributed by atoms with Crippen molar-refractivity contribution < 1.29 is 14.3 Å². The number of hydrogen-bond acceptors (Lipinski definition) is 6. The number of nitrogens with one attached hydrogen (secondary N) is 1. The first kappa shape index (κ1) is 15.8. The Labute approximate surface area is 158 Å². The van der Waals surface area contributed by atoms with Gasteiger partial charge in [-0.15, -0.1) is 0 Å². The molecule has 4 aromatic rings. The molecular weight excluding hydrogens is 364 g/mol. The molecule has 134 valence electrons. The van der Waals surface area contributed by atoms with Crippen LogP contribution < -0.4 is 14.8 Å². The quantitative estimate of drug-likeness (QED) is 0.587. The minimum atomic E-state index is -0.242. The predicted octanol–water partition coefficient (Wildman–Crippen LogP) is 3.77. The van der Waals surface area contributed by atoms with Crippen LogP contribution in [-0.2, 0) is 0 Å². The fourth-order valence-electron chi connectivity index (χ4n) is 3.00. The highest BCUT2D eigenvalue weighted by atomic mass is 32.1. The number of thiazole rings is 1. The van der Waals surface area contributed by atoms with E-state index in [1.165, 1.54) is 11.3 Å². The summed E-state index contributed by atoms with van der Waals surface area (Å²) < 4.78 is 13.4. The molecule has 0 fully saturated rings. The number of carbonyl (C=O) groups excluding carboxylic acids is 1. The van der Waals surface area contributed by atoms with Gasteiger partial charge in [-0.1, -0.05) is 29.5 Å². The number of amides is 1. The van der Waals surface area contributed by atoms with Gasteiger partial charge in [0.25, 0.3) is 5.91 Å². The lowest BCUT2D eigenvalue weighted by atomic mass is 10.2. The highest BCUT2D eigenvalue weighted by Gasteiger charge is 2.19. The number of hydrogen-bond donors (Lipinski definition) is 1. The SMILES string of the molecule is Cc1c(C(=O)Nc2nc3cc4c(cc3s2)OCO4)cnn1-c1ccccc1. The van der Waals surface area contributed by atoms with Crippen LogP contribution in [0.15, 0.2) is 48.7 Å². The maximum Gasteiger partial charge on any atom is 0.260 e. The summed E-state index contributed by atoms with van der Waals surface area (Å²) >= 11 is 1.39. The fourth-order valence-corrected chi connectivity index (χ4v) is 3.87. The number of anilines is 1. The van der Waals surface area contributed by atoms with E-state index in [0.717, 1.165) is 21.6 Å². The molecule has 0 saturated heterocycles. The van der Waals surface area contributed by atoms with E-state index in [0.29, 0.717) is 22.2 Å². The molecule has 0 saturated carbocycles. The normalized spacial score (nSPS) is 12.5. The van der Waals surface area contributed by atoms with Crippen molar-refractivity contribution in [3.63, 3.8) is 0 Å². The highest BCUT2D eigenvalue weighted by Crippen LogP contribution is 2.39. The monoisotopic (exact) mass is 378 g/mol. The van der Waals surface area contributed by atoms with Crippen molar-refractivity contribution in [2.24, 2.45) is 0 Å². The Morgan fingerprint density at radius 2 is 1.96 bits per heavy atom. The molecular formula is C19H14N4O3S. The van der Waals surface area contributed by atoms with Gasteiger partial charge in [0, 0.05) is 12.1 Å². The molecule has 0 unspecified atom stereocenters. The largest absolute Gasteiger partial charge is 0.454 e. The van der Waals surface area contributed by atoms with E-state index in [-0.39, 0.29) is 12.7 Å². The van der Waals surface area contributed by atoms with Gasteiger partial charge in [-0.2, -0.15) is 5.10 Å². The molecule has 27 heavy (non-hydrogen) atoms. The van der Waals surface area contributed by atoms with E-state index in [1.54, 1.807) is 10.9 Å². The second-order valence-electron chi connectivity index (χ2n) is 6.04. The van der Waals surface area contributed by atoms with Crippen LogP contribution in [0.1, 0.15) is 16.1 Å². The third-order valence-electron chi connectivity index (χ3n) is 4.36. The van der Waals surface area contributed by atoms with Crippen LogP contribution in [0.25, 0.3) is 15.9 Å². The summed E-state index contributed by atoms with van der Waals surface area (Å²) in [6.45, 7) is 2.09. The first-order valence-electron chi connectivity index (χ1n) is 8.30. The number of fused-ring (bicyclic) bond motifs is 2. The third-order valence-corrected chi connectivity index (χ3v) is 5.29. The molecule has 3 heterocycles. The summed E-state index contributed by atoms with van der Waals surface area (Å²) in [6.07, 6.45) is 1.57. The van der Waals surface area contributed by atoms with Gasteiger partial charge in [-0.25, -0.2) is 9.67 Å². The summed E-state index contributed by atoms with van der Waals surface area (Å²) in [7, 11) is 0. The van der Waals surface area contributed by atoms with Gasteiger partial charge >= 0.3 is 0 Å². The standard InChI is InChI=1S/C19H14N4O3S/c1-11-13(9-20-23(11)12-5-3-2-4-6-12)18(24)22-19-21-14-7-15-16(26-10-25-15)8-17(14)27-19/h2-9H,10H2,1H3,(H,21,22,24). The van der Waals surface area contributed by atoms with Gasteiger partial charge < -0.3 is 9.47 Å². The molecule has 1 aliphatic heterocycles. The minimum Gasteiger partial charge on any atom is -0.454 e. The number of ether oxygens (including phenoxy) is 2. The summed E-state index contributed by atoms with van der Waals surface area (Å²) in [5.74, 6) is 1.13. The van der Waals surface area contributed by atoms with Crippen molar-refractivity contribution in [1.82, 2.24) is 14.8 Å². The Kier molecular flexibility index (Phi) is 3.58. The van der Waals surface area contributed by atoms with Crippen LogP contribution in [0, 0.1) is 6.92 Å². The van der Waals surface area contributed by atoms with Crippen LogP contribution in [0.3, 0.4) is 0 Å². The molecule has 0 spiro atoms. The molecule has 0 atom stereocenters. The van der Waals surface area contributed by atoms with E-state index in [1.807, 2.05) is 49.4 Å². The maximum atomic E-state index is 12.7. The smallest absolute Gasteiger partial charge is 0.260 e. The van der Waals surface area contributed by atoms with Crippen molar-refractivity contribution in [2.75, 3.05) is 12.1 Å². The Hall–Kier alpha value is -3.39. The lowest BCUT2D eigenvalue weighted by molar-refractivity contribution is 0.102. The van der Waals surface area contributed by atoms with Gasteiger partial charge in [0.05, 0.1) is 33.4 Å². The van der Waals surface area contributed by atoms with Crippen molar-refractivity contribution in [3.05, 3.63) is 59.9 Å². The lowest BCUT2D eigenvalue weighted by Gasteiger charge is -2.05. The molecule has 1 N–H and O–H groups in total. The Morgan fingerprint density at radius 1 is 1.19 bits per heavy atom. The van der Waals surface area contributed by atoms with Gasteiger partial charge in [0.2, 0.25) is 6.79 Å². The number of benzene rings is 2. The van der Waals surface area contributed by atoms with E-state index in [9.17, 15) is 4.79 Å². The van der Waals surface area contributed by atoms with Gasteiger partial charge in [0.15, 0.2) is 16.6 Å². The Bertz CT molecular complexity index is 1130. The number of carbonyl (C=O) groups is 1. The fraction of sp³-hybridized carbons (Fsp3) is 0.105. The summed E-state index contributed by atoms with van der Waals surface area (Å²) in [6, 6.07) is 13.4. The van der Waals surface area contributed by atoms with Crippen molar-refractivity contribution in [2.45, 2.75) is 6.92 Å². The molecule has 0 radical (unpaired) electrons. The van der Waals surface area contributed by atoms with Gasteiger partial charge in [0.1, 0.15) is 0 Å². The molecule has 0 bridgehead atoms. The van der Waals surface area contributed by atoms with Crippen LogP contribution in [0.4, 0.5) is 5.13 Å². The van der Waals surface area contributed by atoms with E-state index in [4.69, 9.17) is 9.47 Å². The zero-order chi connectivity index (χ0) is 18.4. The molecule has 5 rings (SSSR count). The zero-order valence-electron chi connectivity index (χ0n) is 14.3. The van der Waals surface area contributed by atoms with Crippen LogP contribution >= 0.6 is 11.3 Å². The average Bonchev–Trinajstić information content (AvgIpc) is 3.37. The van der Waals surface area contributed by atoms with Crippen molar-refractivity contribution in [3.8, 4) is 17.2 Å². The molecule has 7 nitrogen and oxygen atoms in total. The lowest BCUT2D eigenvalue weighted by Crippen LogP contribution is -2.12. The minimum absolute atomic E-state index is 0.223. The number of rotatable bonds is 3. The van der Waals surface area contributed by atoms with Crippen LogP contribution in [0.5, 0.6) is 11.5 Å². The Morgan fingerprint density at radius 3 is 2.78 bits per heavy atom. The summed E-state index contributed by atoms with van der Waals surface area (Å²) in [5, 5.41) is 7.72. The predicted molar refractivity (Wildman–Crippen MR) is 102 cm³/mol. The van der Waals surface area contributed by atoms with Crippen molar-refractivity contribution in [1.29, 1.82) is 0 Å². The first-order chi connectivity index (χ1) is 13.2. The average molecular weight is 378 g/mol. The van der Waals surface area contributed by atoms with E-state index in [2.05, 4.69) is 15.4 Å². The van der Waals surface area contributed by atoms with E-state index < -0.39 is 0 Å². The number of aromatic nitrogens is 3. The molecule has 8 heteroatoms. The van der Waals surface area contributed by atoms with Crippen LogP contribution in [0.2, 0.25) is 0 Å². The highest BCUT2D eigenvalue weighted by molar-refractivity contribution is 7.22. The number of para-hydroxylation sites is 1. The molecule has 1 aliphatic rings. The molecule has 2 aromatic heterocycles. The van der Waals surface area contributed by atoms with Crippen molar-refractivity contribution >= 4 is 32.6 Å². The van der Waals surface area contributed by atoms with Gasteiger partial charge in [-0.3, -0.25) is 10.1 Å². The van der Waals surface area contributed by atoms with Crippen LogP contribution in [-0.4, -0.2) is 27.5 Å². The molecule has 1 amide bonds. The Balaban J connectivity index is 1.42. The summed E-state index contributed by atoms with van der Waals surface area (Å²) in [4.78, 5) is 17.2. The number of nitrogens with zero attached hydrogens (tertiary/aromatic N) is 3. The zero-order valence-corrected chi connectivity index (χ0v) is 15.1. The molecule has 2 aromatic carbocycles.